The van der Waals surface area contributed by atoms with Crippen molar-refractivity contribution in [1.29, 1.82) is 0 Å². The molecule has 104 valence electrons. The molecule has 21 heavy (non-hydrogen) atoms. The molecule has 0 spiro atoms. The van der Waals surface area contributed by atoms with Crippen molar-refractivity contribution >= 4 is 0 Å². The van der Waals surface area contributed by atoms with Crippen LogP contribution in [-0.2, 0) is 6.61 Å². The molecular weight excluding hydrogens is 260 g/mol. The summed E-state index contributed by atoms with van der Waals surface area (Å²) in [5.41, 5.74) is 5.76. The van der Waals surface area contributed by atoms with Gasteiger partial charge in [-0.2, -0.15) is 0 Å². The third-order valence-electron chi connectivity index (χ3n) is 3.39. The van der Waals surface area contributed by atoms with E-state index >= 15 is 0 Å². The van der Waals surface area contributed by atoms with Gasteiger partial charge in [0.15, 0.2) is 0 Å². The summed E-state index contributed by atoms with van der Waals surface area (Å²) < 4.78 is 0. The highest BCUT2D eigenvalue weighted by Gasteiger charge is 2.05. The Morgan fingerprint density at radius 1 is 0.905 bits per heavy atom. The van der Waals surface area contributed by atoms with Crippen LogP contribution in [0.3, 0.4) is 0 Å². The molecule has 3 nitrogen and oxygen atoms in total. The topological polar surface area (TPSA) is 46.0 Å². The minimum absolute atomic E-state index is 0.0267. The van der Waals surface area contributed by atoms with Crippen molar-refractivity contribution in [2.75, 3.05) is 0 Å². The molecule has 0 atom stereocenters. The zero-order chi connectivity index (χ0) is 14.7. The molecule has 3 heteroatoms. The highest BCUT2D eigenvalue weighted by Crippen LogP contribution is 2.22. The second-order valence-corrected chi connectivity index (χ2v) is 5.01. The van der Waals surface area contributed by atoms with E-state index in [1.807, 2.05) is 36.4 Å². The van der Waals surface area contributed by atoms with Crippen LogP contribution in [0, 0.1) is 6.92 Å². The zero-order valence-electron chi connectivity index (χ0n) is 11.8. The molecule has 0 aliphatic carbocycles. The van der Waals surface area contributed by atoms with Gasteiger partial charge in [0.1, 0.15) is 0 Å². The van der Waals surface area contributed by atoms with E-state index in [1.165, 1.54) is 5.56 Å². The van der Waals surface area contributed by atoms with Gasteiger partial charge in [-0.1, -0.05) is 48.0 Å². The number of aliphatic hydroxyl groups is 1. The van der Waals surface area contributed by atoms with Crippen molar-refractivity contribution in [3.8, 4) is 22.5 Å². The van der Waals surface area contributed by atoms with Crippen molar-refractivity contribution in [2.24, 2.45) is 0 Å². The smallest absolute Gasteiger partial charge is 0.0892 e. The third kappa shape index (κ3) is 2.98. The number of benzene rings is 2. The van der Waals surface area contributed by atoms with Gasteiger partial charge in [0.05, 0.1) is 30.4 Å². The summed E-state index contributed by atoms with van der Waals surface area (Å²) in [6, 6.07) is 15.9. The lowest BCUT2D eigenvalue weighted by Crippen LogP contribution is -1.91. The van der Waals surface area contributed by atoms with Crippen LogP contribution in [0.5, 0.6) is 0 Å². The molecule has 0 bridgehead atoms. The van der Waals surface area contributed by atoms with Gasteiger partial charge in [-0.3, -0.25) is 4.98 Å². The molecule has 0 radical (unpaired) electrons. The maximum atomic E-state index is 9.23. The Labute approximate surface area is 124 Å². The molecule has 1 N–H and O–H groups in total. The maximum Gasteiger partial charge on any atom is 0.0892 e. The molecule has 2 aromatic carbocycles. The molecular formula is C18H16N2O. The Bertz CT molecular complexity index is 751. The highest BCUT2D eigenvalue weighted by molar-refractivity contribution is 5.65. The molecule has 1 aromatic heterocycles. The SMILES string of the molecule is Cc1ccc(-c2cncc(-c3cccc(CO)c3)n2)cc1. The highest BCUT2D eigenvalue weighted by atomic mass is 16.3. The van der Waals surface area contributed by atoms with Crippen molar-refractivity contribution in [1.82, 2.24) is 9.97 Å². The second-order valence-electron chi connectivity index (χ2n) is 5.01. The summed E-state index contributed by atoms with van der Waals surface area (Å²) in [5, 5.41) is 9.23. The predicted molar refractivity (Wildman–Crippen MR) is 83.6 cm³/mol. The van der Waals surface area contributed by atoms with Gasteiger partial charge in [-0.05, 0) is 18.6 Å². The average molecular weight is 276 g/mol. The minimum atomic E-state index is 0.0267. The zero-order valence-corrected chi connectivity index (χ0v) is 11.8. The van der Waals surface area contributed by atoms with Crippen LogP contribution in [0.1, 0.15) is 11.1 Å². The molecule has 0 unspecified atom stereocenters. The quantitative estimate of drug-likeness (QED) is 0.795. The Kier molecular flexibility index (Phi) is 3.75. The van der Waals surface area contributed by atoms with Gasteiger partial charge < -0.3 is 5.11 Å². The third-order valence-corrected chi connectivity index (χ3v) is 3.39. The number of aryl methyl sites for hydroxylation is 1. The molecule has 1 heterocycles. The van der Waals surface area contributed by atoms with E-state index in [0.29, 0.717) is 0 Å². The van der Waals surface area contributed by atoms with E-state index in [2.05, 4.69) is 29.0 Å². The van der Waals surface area contributed by atoms with Crippen LogP contribution in [0.2, 0.25) is 0 Å². The summed E-state index contributed by atoms with van der Waals surface area (Å²) in [5.74, 6) is 0. The first kappa shape index (κ1) is 13.5. The Balaban J connectivity index is 2.01. The van der Waals surface area contributed by atoms with Gasteiger partial charge in [0, 0.05) is 11.1 Å². The molecule has 0 fully saturated rings. The fourth-order valence-electron chi connectivity index (χ4n) is 2.20. The molecule has 3 aromatic rings. The van der Waals surface area contributed by atoms with Gasteiger partial charge in [-0.15, -0.1) is 0 Å². The number of nitrogens with zero attached hydrogens (tertiary/aromatic N) is 2. The molecule has 0 saturated carbocycles. The second kappa shape index (κ2) is 5.85. The lowest BCUT2D eigenvalue weighted by Gasteiger charge is -2.06. The lowest BCUT2D eigenvalue weighted by atomic mass is 10.1. The molecule has 3 rings (SSSR count). The van der Waals surface area contributed by atoms with Gasteiger partial charge >= 0.3 is 0 Å². The Morgan fingerprint density at radius 2 is 1.62 bits per heavy atom. The number of aliphatic hydroxyl groups excluding tert-OH is 1. The lowest BCUT2D eigenvalue weighted by molar-refractivity contribution is 0.282. The van der Waals surface area contributed by atoms with Gasteiger partial charge in [0.2, 0.25) is 0 Å². The first-order chi connectivity index (χ1) is 10.3. The van der Waals surface area contributed by atoms with Gasteiger partial charge in [0.25, 0.3) is 0 Å². The standard InChI is InChI=1S/C18H16N2O/c1-13-5-7-15(8-6-13)17-10-19-11-18(20-17)16-4-2-3-14(9-16)12-21/h2-11,21H,12H2,1H3. The first-order valence-corrected chi connectivity index (χ1v) is 6.85. The van der Waals surface area contributed by atoms with E-state index < -0.39 is 0 Å². The van der Waals surface area contributed by atoms with Crippen molar-refractivity contribution < 1.29 is 5.11 Å². The number of aromatic nitrogens is 2. The summed E-state index contributed by atoms with van der Waals surface area (Å²) >= 11 is 0. The fourth-order valence-corrected chi connectivity index (χ4v) is 2.20. The van der Waals surface area contributed by atoms with Crippen LogP contribution in [0.4, 0.5) is 0 Å². The van der Waals surface area contributed by atoms with Crippen molar-refractivity contribution in [3.05, 3.63) is 72.1 Å². The summed E-state index contributed by atoms with van der Waals surface area (Å²) in [6.45, 7) is 2.09. The number of hydrogen-bond acceptors (Lipinski definition) is 3. The first-order valence-electron chi connectivity index (χ1n) is 6.85. The van der Waals surface area contributed by atoms with Crippen LogP contribution in [0.25, 0.3) is 22.5 Å². The summed E-state index contributed by atoms with van der Waals surface area (Å²) in [7, 11) is 0. The van der Waals surface area contributed by atoms with Crippen LogP contribution < -0.4 is 0 Å². The van der Waals surface area contributed by atoms with Crippen molar-refractivity contribution in [2.45, 2.75) is 13.5 Å². The molecule has 0 saturated heterocycles. The predicted octanol–water partition coefficient (Wildman–Crippen LogP) is 3.61. The maximum absolute atomic E-state index is 9.23. The molecule has 0 aliphatic rings. The normalized spacial score (nSPS) is 10.6. The molecule has 0 aliphatic heterocycles. The van der Waals surface area contributed by atoms with E-state index in [9.17, 15) is 5.11 Å². The van der Waals surface area contributed by atoms with E-state index in [1.54, 1.807) is 12.4 Å². The van der Waals surface area contributed by atoms with Gasteiger partial charge in [-0.25, -0.2) is 4.98 Å². The van der Waals surface area contributed by atoms with Crippen LogP contribution in [0.15, 0.2) is 60.9 Å². The number of rotatable bonds is 3. The van der Waals surface area contributed by atoms with E-state index in [4.69, 9.17) is 0 Å². The van der Waals surface area contributed by atoms with E-state index in [-0.39, 0.29) is 6.61 Å². The van der Waals surface area contributed by atoms with Crippen LogP contribution in [-0.4, -0.2) is 15.1 Å². The fraction of sp³-hybridized carbons (Fsp3) is 0.111. The summed E-state index contributed by atoms with van der Waals surface area (Å²) in [4.78, 5) is 8.96. The minimum Gasteiger partial charge on any atom is -0.392 e. The van der Waals surface area contributed by atoms with E-state index in [0.717, 1.165) is 28.1 Å². The molecule has 0 amide bonds. The van der Waals surface area contributed by atoms with Crippen LogP contribution >= 0.6 is 0 Å². The Hall–Kier alpha value is -2.52. The van der Waals surface area contributed by atoms with Crippen molar-refractivity contribution in [3.63, 3.8) is 0 Å². The Morgan fingerprint density at radius 3 is 2.33 bits per heavy atom. The average Bonchev–Trinajstić information content (AvgIpc) is 2.56. The largest absolute Gasteiger partial charge is 0.392 e. The summed E-state index contributed by atoms with van der Waals surface area (Å²) in [6.07, 6.45) is 3.51. The number of hydrogen-bond donors (Lipinski definition) is 1. The monoisotopic (exact) mass is 276 g/mol.